The number of nitrogens with zero attached hydrogens (tertiary/aromatic N) is 1. The Morgan fingerprint density at radius 3 is 2.83 bits per heavy atom. The molecule has 0 atom stereocenters. The molecule has 0 heterocycles. The van der Waals surface area contributed by atoms with Crippen molar-refractivity contribution in [3.63, 3.8) is 0 Å². The zero-order valence-electron chi connectivity index (χ0n) is 11.5. The molecule has 4 heteroatoms. The number of rotatable bonds is 7. The van der Waals surface area contributed by atoms with Crippen LogP contribution in [0.2, 0.25) is 0 Å². The number of benzene rings is 1. The first-order valence-electron chi connectivity index (χ1n) is 6.37. The lowest BCUT2D eigenvalue weighted by atomic mass is 10.1. The molecular weight excluding hydrogens is 226 g/mol. The summed E-state index contributed by atoms with van der Waals surface area (Å²) in [5, 5.41) is 5.99. The highest BCUT2D eigenvalue weighted by Gasteiger charge is 2.06. The summed E-state index contributed by atoms with van der Waals surface area (Å²) in [5.41, 5.74) is 2.11. The van der Waals surface area contributed by atoms with E-state index in [0.717, 1.165) is 25.2 Å². The Hall–Kier alpha value is -1.39. The molecular formula is C14H23N3O. The minimum atomic E-state index is 0.0295. The quantitative estimate of drug-likeness (QED) is 0.766. The largest absolute Gasteiger partial charge is 0.325 e. The normalized spacial score (nSPS) is 10.7. The molecule has 4 nitrogen and oxygen atoms in total. The summed E-state index contributed by atoms with van der Waals surface area (Å²) in [6.45, 7) is 4.26. The van der Waals surface area contributed by atoms with Crippen molar-refractivity contribution in [3.05, 3.63) is 29.8 Å². The van der Waals surface area contributed by atoms with E-state index in [-0.39, 0.29) is 5.91 Å². The molecule has 0 aliphatic rings. The summed E-state index contributed by atoms with van der Waals surface area (Å²) in [6.07, 6.45) is 0.978. The van der Waals surface area contributed by atoms with Gasteiger partial charge in [0.25, 0.3) is 0 Å². The number of likely N-dealkylation sites (N-methyl/N-ethyl adjacent to an activating group) is 2. The zero-order chi connectivity index (χ0) is 13.4. The van der Waals surface area contributed by atoms with Gasteiger partial charge in [0, 0.05) is 18.8 Å². The van der Waals surface area contributed by atoms with Gasteiger partial charge in [-0.25, -0.2) is 0 Å². The summed E-state index contributed by atoms with van der Waals surface area (Å²) in [5.74, 6) is 0.0295. The van der Waals surface area contributed by atoms with Crippen LogP contribution in [0.3, 0.4) is 0 Å². The highest BCUT2D eigenvalue weighted by molar-refractivity contribution is 5.92. The Bertz CT molecular complexity index is 379. The Morgan fingerprint density at radius 1 is 1.39 bits per heavy atom. The third-order valence-corrected chi connectivity index (χ3v) is 2.78. The molecule has 0 saturated carbocycles. The number of nitrogens with one attached hydrogen (secondary N) is 2. The minimum Gasteiger partial charge on any atom is -0.325 e. The summed E-state index contributed by atoms with van der Waals surface area (Å²) >= 11 is 0. The Kier molecular flexibility index (Phi) is 6.39. The summed E-state index contributed by atoms with van der Waals surface area (Å²) in [6, 6.07) is 7.98. The van der Waals surface area contributed by atoms with Gasteiger partial charge in [-0.15, -0.1) is 0 Å². The minimum absolute atomic E-state index is 0.0295. The van der Waals surface area contributed by atoms with E-state index in [4.69, 9.17) is 0 Å². The van der Waals surface area contributed by atoms with Crippen molar-refractivity contribution < 1.29 is 4.79 Å². The van der Waals surface area contributed by atoms with Gasteiger partial charge in [0.2, 0.25) is 5.91 Å². The van der Waals surface area contributed by atoms with Crippen molar-refractivity contribution in [3.8, 4) is 0 Å². The molecule has 100 valence electrons. The fraction of sp³-hybridized carbons (Fsp3) is 0.500. The number of hydrogen-bond acceptors (Lipinski definition) is 3. The average Bonchev–Trinajstić information content (AvgIpc) is 2.36. The lowest BCUT2D eigenvalue weighted by Crippen LogP contribution is -2.34. The maximum Gasteiger partial charge on any atom is 0.238 e. The molecule has 18 heavy (non-hydrogen) atoms. The third kappa shape index (κ3) is 5.29. The summed E-state index contributed by atoms with van der Waals surface area (Å²) in [4.78, 5) is 13.8. The highest BCUT2D eigenvalue weighted by Crippen LogP contribution is 2.10. The van der Waals surface area contributed by atoms with Crippen molar-refractivity contribution >= 4 is 11.6 Å². The number of anilines is 1. The van der Waals surface area contributed by atoms with E-state index in [1.54, 1.807) is 0 Å². The second-order valence-electron chi connectivity index (χ2n) is 4.44. The molecule has 1 amide bonds. The second-order valence-corrected chi connectivity index (χ2v) is 4.44. The van der Waals surface area contributed by atoms with Crippen molar-refractivity contribution in [2.45, 2.75) is 13.3 Å². The van der Waals surface area contributed by atoms with Gasteiger partial charge in [0.15, 0.2) is 0 Å². The standard InChI is InChI=1S/C14H23N3O/c1-4-12-6-5-7-13(10-12)16-14(18)11-17(3)9-8-15-2/h5-7,10,15H,4,8-9,11H2,1-3H3,(H,16,18). The molecule has 1 rings (SSSR count). The van der Waals surface area contributed by atoms with E-state index in [2.05, 4.69) is 23.6 Å². The first-order valence-corrected chi connectivity index (χ1v) is 6.37. The van der Waals surface area contributed by atoms with Gasteiger partial charge in [-0.3, -0.25) is 9.69 Å². The van der Waals surface area contributed by atoms with E-state index in [1.807, 2.05) is 37.2 Å². The van der Waals surface area contributed by atoms with Gasteiger partial charge in [-0.2, -0.15) is 0 Å². The van der Waals surface area contributed by atoms with E-state index in [1.165, 1.54) is 5.56 Å². The predicted octanol–water partition coefficient (Wildman–Crippen LogP) is 1.34. The molecule has 0 radical (unpaired) electrons. The van der Waals surface area contributed by atoms with Crippen LogP contribution in [0.5, 0.6) is 0 Å². The summed E-state index contributed by atoms with van der Waals surface area (Å²) in [7, 11) is 3.85. The maximum atomic E-state index is 11.8. The average molecular weight is 249 g/mol. The number of carbonyl (C=O) groups is 1. The first-order chi connectivity index (χ1) is 8.65. The Balaban J connectivity index is 2.43. The molecule has 0 spiro atoms. The fourth-order valence-corrected chi connectivity index (χ4v) is 1.70. The molecule has 0 aliphatic heterocycles. The van der Waals surface area contributed by atoms with Gasteiger partial charge in [0.05, 0.1) is 6.54 Å². The third-order valence-electron chi connectivity index (χ3n) is 2.78. The fourth-order valence-electron chi connectivity index (χ4n) is 1.70. The van der Waals surface area contributed by atoms with Crippen LogP contribution in [0.4, 0.5) is 5.69 Å². The van der Waals surface area contributed by atoms with Crippen molar-refractivity contribution in [2.75, 3.05) is 39.0 Å². The smallest absolute Gasteiger partial charge is 0.238 e. The van der Waals surface area contributed by atoms with Crippen LogP contribution >= 0.6 is 0 Å². The highest BCUT2D eigenvalue weighted by atomic mass is 16.2. The van der Waals surface area contributed by atoms with Crippen LogP contribution in [0.25, 0.3) is 0 Å². The van der Waals surface area contributed by atoms with Gasteiger partial charge >= 0.3 is 0 Å². The first kappa shape index (κ1) is 14.7. The van der Waals surface area contributed by atoms with Gasteiger partial charge in [0.1, 0.15) is 0 Å². The van der Waals surface area contributed by atoms with Gasteiger partial charge in [-0.05, 0) is 38.2 Å². The Morgan fingerprint density at radius 2 is 2.17 bits per heavy atom. The number of amides is 1. The zero-order valence-corrected chi connectivity index (χ0v) is 11.5. The van der Waals surface area contributed by atoms with Gasteiger partial charge in [-0.1, -0.05) is 19.1 Å². The van der Waals surface area contributed by atoms with E-state index in [0.29, 0.717) is 6.54 Å². The molecule has 0 bridgehead atoms. The van der Waals surface area contributed by atoms with Crippen molar-refractivity contribution in [1.29, 1.82) is 0 Å². The van der Waals surface area contributed by atoms with Crippen molar-refractivity contribution in [1.82, 2.24) is 10.2 Å². The molecule has 2 N–H and O–H groups in total. The van der Waals surface area contributed by atoms with Crippen LogP contribution in [0, 0.1) is 0 Å². The van der Waals surface area contributed by atoms with Crippen LogP contribution < -0.4 is 10.6 Å². The molecule has 1 aromatic carbocycles. The second kappa shape index (κ2) is 7.84. The van der Waals surface area contributed by atoms with Crippen LogP contribution in [0.1, 0.15) is 12.5 Å². The maximum absolute atomic E-state index is 11.8. The van der Waals surface area contributed by atoms with E-state index < -0.39 is 0 Å². The molecule has 0 saturated heterocycles. The van der Waals surface area contributed by atoms with E-state index in [9.17, 15) is 4.79 Å². The van der Waals surface area contributed by atoms with Crippen LogP contribution in [0.15, 0.2) is 24.3 Å². The van der Waals surface area contributed by atoms with Gasteiger partial charge < -0.3 is 10.6 Å². The monoisotopic (exact) mass is 249 g/mol. The van der Waals surface area contributed by atoms with E-state index >= 15 is 0 Å². The SMILES string of the molecule is CCc1cccc(NC(=O)CN(C)CCNC)c1. The molecule has 0 unspecified atom stereocenters. The lowest BCUT2D eigenvalue weighted by molar-refractivity contribution is -0.117. The lowest BCUT2D eigenvalue weighted by Gasteiger charge is -2.16. The Labute approximate surface area is 109 Å². The number of hydrogen-bond donors (Lipinski definition) is 2. The topological polar surface area (TPSA) is 44.4 Å². The predicted molar refractivity (Wildman–Crippen MR) is 75.9 cm³/mol. The molecule has 0 aromatic heterocycles. The number of carbonyl (C=O) groups excluding carboxylic acids is 1. The number of aryl methyl sites for hydroxylation is 1. The molecule has 0 aliphatic carbocycles. The van der Waals surface area contributed by atoms with Crippen LogP contribution in [-0.4, -0.2) is 44.5 Å². The van der Waals surface area contributed by atoms with Crippen LogP contribution in [-0.2, 0) is 11.2 Å². The molecule has 1 aromatic rings. The van der Waals surface area contributed by atoms with Crippen molar-refractivity contribution in [2.24, 2.45) is 0 Å². The molecule has 0 fully saturated rings. The summed E-state index contributed by atoms with van der Waals surface area (Å²) < 4.78 is 0.